The maximum Gasteiger partial charge on any atom is 0.200 e. The van der Waals surface area contributed by atoms with E-state index in [9.17, 15) is 5.11 Å². The first-order chi connectivity index (χ1) is 8.67. The molecule has 0 bridgehead atoms. The smallest absolute Gasteiger partial charge is 0.200 e. The van der Waals surface area contributed by atoms with E-state index in [1.807, 2.05) is 17.5 Å². The van der Waals surface area contributed by atoms with Gasteiger partial charge in [0.2, 0.25) is 5.75 Å². The Hall–Kier alpha value is -1.43. The summed E-state index contributed by atoms with van der Waals surface area (Å²) in [6, 6.07) is 7.12. The second-order valence-corrected chi connectivity index (χ2v) is 4.75. The zero-order valence-electron chi connectivity index (χ0n) is 10.6. The molecule has 19 heavy (non-hydrogen) atoms. The minimum atomic E-state index is -0.256. The summed E-state index contributed by atoms with van der Waals surface area (Å²) >= 11 is 1.59. The van der Waals surface area contributed by atoms with Crippen molar-refractivity contribution in [3.05, 3.63) is 40.1 Å². The fourth-order valence-electron chi connectivity index (χ4n) is 1.73. The molecule has 3 N–H and O–H groups in total. The lowest BCUT2D eigenvalue weighted by molar-refractivity contribution is 0.339. The number of halogens is 1. The maximum absolute atomic E-state index is 9.84. The van der Waals surface area contributed by atoms with Gasteiger partial charge in [-0.05, 0) is 29.1 Å². The number of hydrogen-bond acceptors (Lipinski definition) is 5. The van der Waals surface area contributed by atoms with Crippen LogP contribution in [0.5, 0.6) is 17.2 Å². The van der Waals surface area contributed by atoms with Crippen molar-refractivity contribution in [2.75, 3.05) is 14.2 Å². The first-order valence-corrected chi connectivity index (χ1v) is 6.29. The molecule has 0 aliphatic heterocycles. The summed E-state index contributed by atoms with van der Waals surface area (Å²) in [5.74, 6) is 0.704. The van der Waals surface area contributed by atoms with Crippen molar-refractivity contribution in [3.8, 4) is 17.2 Å². The van der Waals surface area contributed by atoms with Gasteiger partial charge in [0.15, 0.2) is 11.5 Å². The number of nitrogens with two attached hydrogens (primary N) is 1. The SMILES string of the molecule is COc1cc([C@@H](N)c2cccs2)cc(OC)c1O.Cl. The third-order valence-corrected chi connectivity index (χ3v) is 3.67. The number of thiophene rings is 1. The van der Waals surface area contributed by atoms with Gasteiger partial charge in [0.25, 0.3) is 0 Å². The molecule has 0 saturated heterocycles. The van der Waals surface area contributed by atoms with E-state index in [2.05, 4.69) is 0 Å². The Balaban J connectivity index is 0.00000180. The van der Waals surface area contributed by atoms with Gasteiger partial charge in [0.1, 0.15) is 0 Å². The third kappa shape index (κ3) is 3.12. The predicted molar refractivity (Wildman–Crippen MR) is 78.8 cm³/mol. The summed E-state index contributed by atoms with van der Waals surface area (Å²) in [6.07, 6.45) is 0. The Morgan fingerprint density at radius 2 is 1.79 bits per heavy atom. The van der Waals surface area contributed by atoms with Crippen LogP contribution in [0, 0.1) is 0 Å². The zero-order valence-corrected chi connectivity index (χ0v) is 12.3. The molecule has 0 aliphatic carbocycles. The molecule has 0 spiro atoms. The van der Waals surface area contributed by atoms with Crippen molar-refractivity contribution >= 4 is 23.7 Å². The van der Waals surface area contributed by atoms with Crippen molar-refractivity contribution in [3.63, 3.8) is 0 Å². The van der Waals surface area contributed by atoms with E-state index in [0.29, 0.717) is 11.5 Å². The predicted octanol–water partition coefficient (Wildman–Crippen LogP) is 2.94. The van der Waals surface area contributed by atoms with Gasteiger partial charge in [-0.1, -0.05) is 6.07 Å². The van der Waals surface area contributed by atoms with Crippen molar-refractivity contribution in [1.29, 1.82) is 0 Å². The number of phenolic OH excluding ortho intramolecular Hbond substituents is 1. The van der Waals surface area contributed by atoms with E-state index < -0.39 is 0 Å². The molecule has 0 amide bonds. The van der Waals surface area contributed by atoms with Crippen LogP contribution in [0.2, 0.25) is 0 Å². The highest BCUT2D eigenvalue weighted by atomic mass is 35.5. The van der Waals surface area contributed by atoms with Gasteiger partial charge in [-0.25, -0.2) is 0 Å². The van der Waals surface area contributed by atoms with Gasteiger partial charge in [-0.15, -0.1) is 23.7 Å². The van der Waals surface area contributed by atoms with Crippen molar-refractivity contribution in [1.82, 2.24) is 0 Å². The van der Waals surface area contributed by atoms with Crippen LogP contribution in [-0.4, -0.2) is 19.3 Å². The van der Waals surface area contributed by atoms with Crippen molar-refractivity contribution in [2.24, 2.45) is 5.73 Å². The second kappa shape index (κ2) is 6.65. The largest absolute Gasteiger partial charge is 0.502 e. The number of aromatic hydroxyl groups is 1. The summed E-state index contributed by atoms with van der Waals surface area (Å²) in [4.78, 5) is 1.05. The number of rotatable bonds is 4. The van der Waals surface area contributed by atoms with Crippen LogP contribution in [0.1, 0.15) is 16.5 Å². The van der Waals surface area contributed by atoms with Crippen LogP contribution in [0.25, 0.3) is 0 Å². The minimum absolute atomic E-state index is 0. The number of hydrogen-bond donors (Lipinski definition) is 2. The zero-order chi connectivity index (χ0) is 13.1. The van der Waals surface area contributed by atoms with E-state index in [0.717, 1.165) is 10.4 Å². The van der Waals surface area contributed by atoms with Crippen LogP contribution in [0.3, 0.4) is 0 Å². The number of ether oxygens (including phenoxy) is 2. The van der Waals surface area contributed by atoms with Gasteiger partial charge in [-0.3, -0.25) is 0 Å². The van der Waals surface area contributed by atoms with Gasteiger partial charge in [0.05, 0.1) is 20.3 Å². The number of methoxy groups -OCH3 is 2. The average molecular weight is 302 g/mol. The normalized spacial score (nSPS) is 11.5. The van der Waals surface area contributed by atoms with Crippen molar-refractivity contribution < 1.29 is 14.6 Å². The summed E-state index contributed by atoms with van der Waals surface area (Å²) in [5, 5.41) is 11.8. The Morgan fingerprint density at radius 3 is 2.21 bits per heavy atom. The van der Waals surface area contributed by atoms with Crippen molar-refractivity contribution in [2.45, 2.75) is 6.04 Å². The lowest BCUT2D eigenvalue weighted by Gasteiger charge is -2.15. The molecule has 104 valence electrons. The van der Waals surface area contributed by atoms with E-state index >= 15 is 0 Å². The summed E-state index contributed by atoms with van der Waals surface area (Å²) in [7, 11) is 2.99. The molecule has 1 atom stereocenters. The molecule has 2 rings (SSSR count). The van der Waals surface area contributed by atoms with Crippen LogP contribution in [0.4, 0.5) is 0 Å². The van der Waals surface area contributed by atoms with Gasteiger partial charge in [0, 0.05) is 4.88 Å². The van der Waals surface area contributed by atoms with Crippen LogP contribution >= 0.6 is 23.7 Å². The Morgan fingerprint density at radius 1 is 1.21 bits per heavy atom. The van der Waals surface area contributed by atoms with Crippen LogP contribution in [0.15, 0.2) is 29.6 Å². The molecular formula is C13H16ClNO3S. The Labute approximate surface area is 122 Å². The van der Waals surface area contributed by atoms with Gasteiger partial charge >= 0.3 is 0 Å². The van der Waals surface area contributed by atoms with Gasteiger partial charge < -0.3 is 20.3 Å². The molecule has 1 heterocycles. The minimum Gasteiger partial charge on any atom is -0.502 e. The lowest BCUT2D eigenvalue weighted by Crippen LogP contribution is -2.10. The molecule has 0 unspecified atom stereocenters. The highest BCUT2D eigenvalue weighted by Gasteiger charge is 2.16. The molecule has 4 nitrogen and oxygen atoms in total. The first-order valence-electron chi connectivity index (χ1n) is 5.41. The number of benzene rings is 1. The Kier molecular flexibility index (Phi) is 5.47. The molecule has 1 aromatic heterocycles. The van der Waals surface area contributed by atoms with Crippen LogP contribution in [-0.2, 0) is 0 Å². The average Bonchev–Trinajstić information content (AvgIpc) is 2.92. The standard InChI is InChI=1S/C13H15NO3S.ClH/c1-16-9-6-8(7-10(17-2)13(9)15)12(14)11-4-3-5-18-11;/h3-7,12,15H,14H2,1-2H3;1H/t12-;/m1./s1. The van der Waals surface area contributed by atoms with E-state index in [4.69, 9.17) is 15.2 Å². The summed E-state index contributed by atoms with van der Waals surface area (Å²) in [6.45, 7) is 0. The molecule has 1 aromatic carbocycles. The molecule has 0 radical (unpaired) electrons. The second-order valence-electron chi connectivity index (χ2n) is 3.77. The molecular weight excluding hydrogens is 286 g/mol. The molecule has 0 saturated carbocycles. The first kappa shape index (κ1) is 15.6. The fourth-order valence-corrected chi connectivity index (χ4v) is 2.48. The third-order valence-electron chi connectivity index (χ3n) is 2.71. The van der Waals surface area contributed by atoms with Crippen LogP contribution < -0.4 is 15.2 Å². The van der Waals surface area contributed by atoms with Gasteiger partial charge in [-0.2, -0.15) is 0 Å². The monoisotopic (exact) mass is 301 g/mol. The molecule has 6 heteroatoms. The lowest BCUT2D eigenvalue weighted by atomic mass is 10.0. The maximum atomic E-state index is 9.84. The number of phenols is 1. The topological polar surface area (TPSA) is 64.7 Å². The van der Waals surface area contributed by atoms with E-state index in [-0.39, 0.29) is 24.2 Å². The summed E-state index contributed by atoms with van der Waals surface area (Å²) < 4.78 is 10.2. The molecule has 2 aromatic rings. The Bertz CT molecular complexity index is 506. The summed E-state index contributed by atoms with van der Waals surface area (Å²) in [5.41, 5.74) is 7.01. The quantitative estimate of drug-likeness (QED) is 0.911. The molecule has 0 fully saturated rings. The highest BCUT2D eigenvalue weighted by Crippen LogP contribution is 2.39. The molecule has 0 aliphatic rings. The highest BCUT2D eigenvalue weighted by molar-refractivity contribution is 7.10. The fraction of sp³-hybridized carbons (Fsp3) is 0.231. The van der Waals surface area contributed by atoms with E-state index in [1.54, 1.807) is 23.5 Å². The van der Waals surface area contributed by atoms with E-state index in [1.165, 1.54) is 14.2 Å².